The third kappa shape index (κ3) is 3.95. The Hall–Kier alpha value is -2.86. The van der Waals surface area contributed by atoms with Gasteiger partial charge in [-0.3, -0.25) is 14.4 Å². The smallest absolute Gasteiger partial charge is 0.255 e. The minimum absolute atomic E-state index is 0.128. The number of rotatable bonds is 3. The lowest BCUT2D eigenvalue weighted by Crippen LogP contribution is -2.45. The van der Waals surface area contributed by atoms with Gasteiger partial charge < -0.3 is 15.1 Å². The largest absolute Gasteiger partial charge is 0.332 e. The van der Waals surface area contributed by atoms with Crippen LogP contribution in [0.4, 0.5) is 11.4 Å². The number of amides is 3. The number of anilines is 2. The minimum Gasteiger partial charge on any atom is -0.332 e. The summed E-state index contributed by atoms with van der Waals surface area (Å²) in [4.78, 5) is 40.6. The fourth-order valence-corrected chi connectivity index (χ4v) is 3.38. The van der Waals surface area contributed by atoms with Gasteiger partial charge in [0.05, 0.1) is 22.0 Å². The second kappa shape index (κ2) is 7.80. The van der Waals surface area contributed by atoms with E-state index in [9.17, 15) is 14.4 Å². The van der Waals surface area contributed by atoms with Gasteiger partial charge in [-0.1, -0.05) is 35.9 Å². The van der Waals surface area contributed by atoms with E-state index >= 15 is 0 Å². The van der Waals surface area contributed by atoms with Crippen LogP contribution >= 0.6 is 11.6 Å². The summed E-state index contributed by atoms with van der Waals surface area (Å²) in [7, 11) is 1.56. The van der Waals surface area contributed by atoms with Crippen molar-refractivity contribution in [2.75, 3.05) is 23.8 Å². The standard InChI is InChI=1S/C20H20ClN3O3/c1-13-11-18(25)22-16-9-5-6-10-17(16)24(13)19(26)12-23(2)20(27)14-7-3-4-8-15(14)21/h3-10,13H,11-12H2,1-2H3,(H,22,25)/t13-/m0/s1. The summed E-state index contributed by atoms with van der Waals surface area (Å²) in [6.45, 7) is 1.69. The summed E-state index contributed by atoms with van der Waals surface area (Å²) in [5.74, 6) is -0.751. The quantitative estimate of drug-likeness (QED) is 0.882. The predicted octanol–water partition coefficient (Wildman–Crippen LogP) is 3.18. The molecule has 1 aliphatic rings. The van der Waals surface area contributed by atoms with E-state index in [1.54, 1.807) is 54.4 Å². The average molecular weight is 386 g/mol. The van der Waals surface area contributed by atoms with Crippen LogP contribution in [0, 0.1) is 0 Å². The van der Waals surface area contributed by atoms with E-state index in [-0.39, 0.29) is 36.7 Å². The molecule has 0 spiro atoms. The molecule has 1 aliphatic heterocycles. The monoisotopic (exact) mass is 385 g/mol. The minimum atomic E-state index is -0.334. The highest BCUT2D eigenvalue weighted by Gasteiger charge is 2.30. The molecule has 3 rings (SSSR count). The number of halogens is 1. The van der Waals surface area contributed by atoms with Gasteiger partial charge in [-0.15, -0.1) is 0 Å². The average Bonchev–Trinajstić information content (AvgIpc) is 2.75. The summed E-state index contributed by atoms with van der Waals surface area (Å²) in [6.07, 6.45) is 0.183. The zero-order valence-corrected chi connectivity index (χ0v) is 15.9. The number of fused-ring (bicyclic) bond motifs is 1. The van der Waals surface area contributed by atoms with Crippen LogP contribution in [0.25, 0.3) is 0 Å². The zero-order chi connectivity index (χ0) is 19.6. The van der Waals surface area contributed by atoms with Crippen molar-refractivity contribution in [1.82, 2.24) is 4.90 Å². The highest BCUT2D eigenvalue weighted by molar-refractivity contribution is 6.33. The molecule has 7 heteroatoms. The molecular weight excluding hydrogens is 366 g/mol. The van der Waals surface area contributed by atoms with Crippen molar-refractivity contribution in [1.29, 1.82) is 0 Å². The number of hydrogen-bond acceptors (Lipinski definition) is 3. The van der Waals surface area contributed by atoms with Crippen molar-refractivity contribution in [3.63, 3.8) is 0 Å². The Morgan fingerprint density at radius 1 is 1.19 bits per heavy atom. The molecule has 0 saturated carbocycles. The maximum absolute atomic E-state index is 13.0. The molecule has 0 radical (unpaired) electrons. The fraction of sp³-hybridized carbons (Fsp3) is 0.250. The van der Waals surface area contributed by atoms with Gasteiger partial charge in [0.1, 0.15) is 6.54 Å². The molecule has 0 unspecified atom stereocenters. The topological polar surface area (TPSA) is 69.7 Å². The van der Waals surface area contributed by atoms with Crippen LogP contribution in [-0.2, 0) is 9.59 Å². The van der Waals surface area contributed by atoms with Crippen molar-refractivity contribution < 1.29 is 14.4 Å². The molecule has 0 bridgehead atoms. The van der Waals surface area contributed by atoms with E-state index in [0.717, 1.165) is 0 Å². The highest BCUT2D eigenvalue weighted by Crippen LogP contribution is 2.31. The Bertz CT molecular complexity index is 900. The van der Waals surface area contributed by atoms with Crippen LogP contribution in [0.3, 0.4) is 0 Å². The van der Waals surface area contributed by atoms with E-state index in [0.29, 0.717) is 22.0 Å². The van der Waals surface area contributed by atoms with Crippen LogP contribution < -0.4 is 10.2 Å². The van der Waals surface area contributed by atoms with Crippen molar-refractivity contribution in [2.45, 2.75) is 19.4 Å². The fourth-order valence-electron chi connectivity index (χ4n) is 3.16. The third-order valence-electron chi connectivity index (χ3n) is 4.45. The molecule has 3 amide bonds. The van der Waals surface area contributed by atoms with Gasteiger partial charge in [-0.25, -0.2) is 0 Å². The van der Waals surface area contributed by atoms with Crippen LogP contribution in [-0.4, -0.2) is 42.3 Å². The summed E-state index contributed by atoms with van der Waals surface area (Å²) < 4.78 is 0. The van der Waals surface area contributed by atoms with Gasteiger partial charge >= 0.3 is 0 Å². The molecule has 27 heavy (non-hydrogen) atoms. The van der Waals surface area contributed by atoms with Gasteiger partial charge in [0, 0.05) is 19.5 Å². The van der Waals surface area contributed by atoms with E-state index in [4.69, 9.17) is 11.6 Å². The first-order valence-corrected chi connectivity index (χ1v) is 8.97. The summed E-state index contributed by atoms with van der Waals surface area (Å²) in [6, 6.07) is 13.5. The first kappa shape index (κ1) is 18.9. The first-order valence-electron chi connectivity index (χ1n) is 8.59. The summed E-state index contributed by atoms with van der Waals surface area (Å²) in [5.41, 5.74) is 1.55. The third-order valence-corrected chi connectivity index (χ3v) is 4.78. The molecule has 2 aromatic carbocycles. The number of benzene rings is 2. The van der Waals surface area contributed by atoms with Crippen LogP contribution in [0.15, 0.2) is 48.5 Å². The van der Waals surface area contributed by atoms with Gasteiger partial charge in [-0.2, -0.15) is 0 Å². The number of nitrogens with zero attached hydrogens (tertiary/aromatic N) is 2. The van der Waals surface area contributed by atoms with Crippen LogP contribution in [0.2, 0.25) is 5.02 Å². The Balaban J connectivity index is 1.83. The second-order valence-electron chi connectivity index (χ2n) is 6.52. The molecule has 140 valence electrons. The lowest BCUT2D eigenvalue weighted by Gasteiger charge is -2.29. The molecule has 1 atom stereocenters. The molecule has 1 heterocycles. The summed E-state index contributed by atoms with van der Waals surface area (Å²) in [5, 5.41) is 3.15. The van der Waals surface area contributed by atoms with E-state index < -0.39 is 0 Å². The maximum atomic E-state index is 13.0. The molecular formula is C20H20ClN3O3. The summed E-state index contributed by atoms with van der Waals surface area (Å²) >= 11 is 6.09. The number of nitrogens with one attached hydrogen (secondary N) is 1. The molecule has 1 N–H and O–H groups in total. The van der Waals surface area contributed by atoms with Crippen molar-refractivity contribution in [2.24, 2.45) is 0 Å². The number of hydrogen-bond donors (Lipinski definition) is 1. The maximum Gasteiger partial charge on any atom is 0.255 e. The molecule has 0 aliphatic carbocycles. The SMILES string of the molecule is C[C@H]1CC(=O)Nc2ccccc2N1C(=O)CN(C)C(=O)c1ccccc1Cl. The molecule has 0 aromatic heterocycles. The Morgan fingerprint density at radius 3 is 2.59 bits per heavy atom. The number of likely N-dealkylation sites (N-methyl/N-ethyl adjacent to an activating group) is 1. The molecule has 2 aromatic rings. The van der Waals surface area contributed by atoms with Crippen molar-refractivity contribution in [3.8, 4) is 0 Å². The van der Waals surface area contributed by atoms with Gasteiger partial charge in [-0.05, 0) is 31.2 Å². The number of carbonyl (C=O) groups is 3. The lowest BCUT2D eigenvalue weighted by atomic mass is 10.1. The second-order valence-corrected chi connectivity index (χ2v) is 6.93. The Morgan fingerprint density at radius 2 is 1.85 bits per heavy atom. The highest BCUT2D eigenvalue weighted by atomic mass is 35.5. The molecule has 6 nitrogen and oxygen atoms in total. The van der Waals surface area contributed by atoms with Crippen LogP contribution in [0.1, 0.15) is 23.7 Å². The van der Waals surface area contributed by atoms with Gasteiger partial charge in [0.2, 0.25) is 11.8 Å². The van der Waals surface area contributed by atoms with E-state index in [1.165, 1.54) is 4.90 Å². The Kier molecular flexibility index (Phi) is 5.46. The first-order chi connectivity index (χ1) is 12.9. The molecule has 0 fully saturated rings. The van der Waals surface area contributed by atoms with Crippen molar-refractivity contribution >= 4 is 40.7 Å². The van der Waals surface area contributed by atoms with Gasteiger partial charge in [0.15, 0.2) is 0 Å². The van der Waals surface area contributed by atoms with E-state index in [2.05, 4.69) is 5.32 Å². The van der Waals surface area contributed by atoms with Gasteiger partial charge in [0.25, 0.3) is 5.91 Å². The lowest BCUT2D eigenvalue weighted by molar-refractivity contribution is -0.119. The Labute approximate surface area is 162 Å². The zero-order valence-electron chi connectivity index (χ0n) is 15.1. The predicted molar refractivity (Wildman–Crippen MR) is 105 cm³/mol. The van der Waals surface area contributed by atoms with Crippen LogP contribution in [0.5, 0.6) is 0 Å². The van der Waals surface area contributed by atoms with Crippen molar-refractivity contribution in [3.05, 3.63) is 59.1 Å². The normalized spacial score (nSPS) is 16.2. The van der Waals surface area contributed by atoms with E-state index in [1.807, 2.05) is 13.0 Å². The number of para-hydroxylation sites is 2. The molecule has 0 saturated heterocycles. The number of carbonyl (C=O) groups excluding carboxylic acids is 3.